The van der Waals surface area contributed by atoms with Crippen LogP contribution in [0, 0.1) is 6.92 Å². The van der Waals surface area contributed by atoms with E-state index in [0.29, 0.717) is 5.92 Å². The fourth-order valence-corrected chi connectivity index (χ4v) is 1.66. The summed E-state index contributed by atoms with van der Waals surface area (Å²) < 4.78 is 2.06. The average molecular weight is 181 g/mol. The molecule has 0 atom stereocenters. The summed E-state index contributed by atoms with van der Waals surface area (Å²) in [7, 11) is 1.93. The van der Waals surface area contributed by atoms with Crippen LogP contribution in [0.15, 0.2) is 0 Å². The molecule has 1 N–H and O–H groups in total. The molecule has 0 aromatic carbocycles. The first kappa shape index (κ1) is 10.1. The molecule has 0 aliphatic carbocycles. The van der Waals surface area contributed by atoms with Gasteiger partial charge in [0.05, 0.1) is 11.4 Å². The second-order valence-corrected chi connectivity index (χ2v) is 3.57. The van der Waals surface area contributed by atoms with Crippen LogP contribution in [0.3, 0.4) is 0 Å². The molecule has 0 amide bonds. The van der Waals surface area contributed by atoms with Crippen LogP contribution < -0.4 is 5.43 Å². The first-order chi connectivity index (χ1) is 6.11. The third kappa shape index (κ3) is 1.69. The van der Waals surface area contributed by atoms with E-state index in [0.717, 1.165) is 12.2 Å². The van der Waals surface area contributed by atoms with Crippen LogP contribution in [0.25, 0.3) is 0 Å². The number of nitrogens with one attached hydrogen (secondary N) is 1. The monoisotopic (exact) mass is 181 g/mol. The van der Waals surface area contributed by atoms with Crippen molar-refractivity contribution in [3.05, 3.63) is 17.2 Å². The summed E-state index contributed by atoms with van der Waals surface area (Å²) in [4.78, 5) is 4.60. The van der Waals surface area contributed by atoms with Crippen LogP contribution in [0.2, 0.25) is 0 Å². The van der Waals surface area contributed by atoms with Crippen molar-refractivity contribution in [3.63, 3.8) is 0 Å². The van der Waals surface area contributed by atoms with Crippen LogP contribution >= 0.6 is 0 Å². The fourth-order valence-electron chi connectivity index (χ4n) is 1.66. The predicted molar refractivity (Wildman–Crippen MR) is 55.7 cm³/mol. The molecule has 3 heteroatoms. The lowest BCUT2D eigenvalue weighted by molar-refractivity contribution is 0.795. The van der Waals surface area contributed by atoms with Crippen molar-refractivity contribution >= 4 is 0 Å². The Bertz CT molecular complexity index is 287. The second kappa shape index (κ2) is 3.81. The van der Waals surface area contributed by atoms with E-state index in [1.54, 1.807) is 0 Å². The van der Waals surface area contributed by atoms with E-state index in [1.807, 2.05) is 7.05 Å². The van der Waals surface area contributed by atoms with Crippen molar-refractivity contribution in [2.24, 2.45) is 0 Å². The zero-order valence-corrected chi connectivity index (χ0v) is 9.18. The molecule has 0 aliphatic heterocycles. The maximum absolute atomic E-state index is 4.60. The highest BCUT2D eigenvalue weighted by atomic mass is 15.4. The number of aromatic nitrogens is 2. The molecule has 74 valence electrons. The maximum Gasteiger partial charge on any atom is 0.127 e. The summed E-state index contributed by atoms with van der Waals surface area (Å²) in [5, 5.41) is 0. The number of aryl methyl sites for hydroxylation is 1. The summed E-state index contributed by atoms with van der Waals surface area (Å²) in [5.41, 5.74) is 5.58. The van der Waals surface area contributed by atoms with Gasteiger partial charge in [0.2, 0.25) is 0 Å². The lowest BCUT2D eigenvalue weighted by atomic mass is 10.1. The van der Waals surface area contributed by atoms with Crippen molar-refractivity contribution in [2.75, 3.05) is 12.5 Å². The molecule has 13 heavy (non-hydrogen) atoms. The fraction of sp³-hybridized carbons (Fsp3) is 0.700. The molecule has 0 aliphatic rings. The van der Waals surface area contributed by atoms with E-state index in [4.69, 9.17) is 0 Å². The van der Waals surface area contributed by atoms with E-state index in [-0.39, 0.29) is 0 Å². The van der Waals surface area contributed by atoms with Crippen LogP contribution in [0.1, 0.15) is 43.9 Å². The Labute approximate surface area is 80.1 Å². The molecule has 0 saturated carbocycles. The van der Waals surface area contributed by atoms with Gasteiger partial charge < -0.3 is 5.43 Å². The zero-order valence-electron chi connectivity index (χ0n) is 9.18. The summed E-state index contributed by atoms with van der Waals surface area (Å²) in [6.07, 6.45) is 0.967. The number of rotatable bonds is 3. The summed E-state index contributed by atoms with van der Waals surface area (Å²) in [5.74, 6) is 1.61. The van der Waals surface area contributed by atoms with Crippen molar-refractivity contribution in [1.29, 1.82) is 0 Å². The van der Waals surface area contributed by atoms with E-state index >= 15 is 0 Å². The standard InChI is InChI=1S/C10H19N3/c1-6-9-12-10(7(2)3)8(4)13(9)11-5/h7,11H,6H2,1-5H3. The third-order valence-corrected chi connectivity index (χ3v) is 2.30. The summed E-state index contributed by atoms with van der Waals surface area (Å²) in [6, 6.07) is 0. The Morgan fingerprint density at radius 1 is 1.46 bits per heavy atom. The molecule has 1 aromatic heterocycles. The van der Waals surface area contributed by atoms with E-state index in [2.05, 4.69) is 42.8 Å². The molecule has 1 rings (SSSR count). The van der Waals surface area contributed by atoms with Gasteiger partial charge in [-0.15, -0.1) is 0 Å². The quantitative estimate of drug-likeness (QED) is 0.773. The molecule has 0 radical (unpaired) electrons. The Morgan fingerprint density at radius 3 is 2.38 bits per heavy atom. The molecule has 0 spiro atoms. The minimum atomic E-state index is 0.500. The van der Waals surface area contributed by atoms with Gasteiger partial charge in [0.1, 0.15) is 5.82 Å². The third-order valence-electron chi connectivity index (χ3n) is 2.30. The van der Waals surface area contributed by atoms with Crippen LogP contribution in [-0.2, 0) is 6.42 Å². The van der Waals surface area contributed by atoms with Gasteiger partial charge >= 0.3 is 0 Å². The van der Waals surface area contributed by atoms with Crippen LogP contribution in [0.4, 0.5) is 0 Å². The Balaban J connectivity index is 3.18. The van der Waals surface area contributed by atoms with E-state index in [9.17, 15) is 0 Å². The lowest BCUT2D eigenvalue weighted by Crippen LogP contribution is -2.14. The van der Waals surface area contributed by atoms with Gasteiger partial charge in [-0.1, -0.05) is 20.8 Å². The average Bonchev–Trinajstić information content (AvgIpc) is 2.41. The predicted octanol–water partition coefficient (Wildman–Crippen LogP) is 2.05. The van der Waals surface area contributed by atoms with Crippen molar-refractivity contribution in [1.82, 2.24) is 9.66 Å². The minimum absolute atomic E-state index is 0.500. The van der Waals surface area contributed by atoms with Crippen molar-refractivity contribution in [3.8, 4) is 0 Å². The van der Waals surface area contributed by atoms with E-state index in [1.165, 1.54) is 11.4 Å². The van der Waals surface area contributed by atoms with Gasteiger partial charge in [0.25, 0.3) is 0 Å². The topological polar surface area (TPSA) is 29.9 Å². The number of imidazole rings is 1. The maximum atomic E-state index is 4.60. The largest absolute Gasteiger partial charge is 0.328 e. The lowest BCUT2D eigenvalue weighted by Gasteiger charge is -2.07. The second-order valence-electron chi connectivity index (χ2n) is 3.57. The first-order valence-corrected chi connectivity index (χ1v) is 4.87. The molecule has 0 bridgehead atoms. The SMILES string of the molecule is CCc1nc(C(C)C)c(C)n1NC. The molecule has 3 nitrogen and oxygen atoms in total. The molecular weight excluding hydrogens is 162 g/mol. The number of nitrogens with zero attached hydrogens (tertiary/aromatic N) is 2. The number of hydrogen-bond donors (Lipinski definition) is 1. The molecule has 1 heterocycles. The normalized spacial score (nSPS) is 10.9. The smallest absolute Gasteiger partial charge is 0.127 e. The van der Waals surface area contributed by atoms with Crippen LogP contribution in [0.5, 0.6) is 0 Å². The first-order valence-electron chi connectivity index (χ1n) is 4.87. The summed E-state index contributed by atoms with van der Waals surface area (Å²) >= 11 is 0. The van der Waals surface area contributed by atoms with Gasteiger partial charge in [-0.05, 0) is 12.8 Å². The highest BCUT2D eigenvalue weighted by Gasteiger charge is 2.13. The molecule has 1 aromatic rings. The van der Waals surface area contributed by atoms with Gasteiger partial charge in [-0.2, -0.15) is 0 Å². The Morgan fingerprint density at radius 2 is 2.08 bits per heavy atom. The minimum Gasteiger partial charge on any atom is -0.328 e. The summed E-state index contributed by atoms with van der Waals surface area (Å²) in [6.45, 7) is 8.58. The molecule has 0 saturated heterocycles. The van der Waals surface area contributed by atoms with Crippen molar-refractivity contribution in [2.45, 2.75) is 40.0 Å². The highest BCUT2D eigenvalue weighted by Crippen LogP contribution is 2.18. The highest BCUT2D eigenvalue weighted by molar-refractivity contribution is 5.20. The zero-order chi connectivity index (χ0) is 10.0. The Hall–Kier alpha value is -0.990. The van der Waals surface area contributed by atoms with E-state index < -0.39 is 0 Å². The van der Waals surface area contributed by atoms with Gasteiger partial charge in [-0.3, -0.25) is 0 Å². The molecular formula is C10H19N3. The van der Waals surface area contributed by atoms with Gasteiger partial charge in [0, 0.05) is 13.5 Å². The van der Waals surface area contributed by atoms with Crippen molar-refractivity contribution < 1.29 is 0 Å². The van der Waals surface area contributed by atoms with Gasteiger partial charge in [0.15, 0.2) is 0 Å². The molecule has 0 unspecified atom stereocenters. The Kier molecular flexibility index (Phi) is 2.96. The molecule has 0 fully saturated rings. The number of hydrogen-bond acceptors (Lipinski definition) is 2. The van der Waals surface area contributed by atoms with Crippen LogP contribution in [-0.4, -0.2) is 16.7 Å². The van der Waals surface area contributed by atoms with Gasteiger partial charge in [-0.25, -0.2) is 9.66 Å².